The van der Waals surface area contributed by atoms with Crippen LogP contribution in [0, 0.1) is 40.8 Å². The van der Waals surface area contributed by atoms with E-state index in [1.165, 1.54) is 14.7 Å². The molecule has 0 aromatic heterocycles. The first-order chi connectivity index (χ1) is 17.2. The van der Waals surface area contributed by atoms with Crippen LogP contribution >= 0.6 is 0 Å². The van der Waals surface area contributed by atoms with E-state index >= 15 is 0 Å². The number of amides is 3. The van der Waals surface area contributed by atoms with E-state index in [9.17, 15) is 14.4 Å². The largest absolute Gasteiger partial charge is 0.465 e. The van der Waals surface area contributed by atoms with Crippen LogP contribution in [0.3, 0.4) is 0 Å². The van der Waals surface area contributed by atoms with Crippen molar-refractivity contribution in [3.63, 3.8) is 0 Å². The average Bonchev–Trinajstić information content (AvgIpc) is 2.84. The molecule has 220 valence electrons. The van der Waals surface area contributed by atoms with Crippen molar-refractivity contribution in [1.82, 2.24) is 14.7 Å². The molecular formula is C27H57N3NdO6. The van der Waals surface area contributed by atoms with E-state index < -0.39 is 18.3 Å². The molecule has 0 heterocycles. The Hall–Kier alpha value is -0.839. The Kier molecular flexibility index (Phi) is 38.8. The van der Waals surface area contributed by atoms with E-state index in [0.717, 1.165) is 77.0 Å². The number of carbonyl (C=O) groups is 3. The third-order valence-electron chi connectivity index (χ3n) is 5.50. The van der Waals surface area contributed by atoms with Gasteiger partial charge in [-0.15, -0.1) is 0 Å². The molecule has 0 spiro atoms. The van der Waals surface area contributed by atoms with Crippen LogP contribution in [-0.4, -0.2) is 87.6 Å². The molecule has 3 N–H and O–H groups in total. The summed E-state index contributed by atoms with van der Waals surface area (Å²) in [5.74, 6) is 0. The Balaban J connectivity index is -0.000000218. The number of unbranched alkanes of at least 4 members (excludes halogenated alkanes) is 6. The molecule has 3 amide bonds. The van der Waals surface area contributed by atoms with Crippen molar-refractivity contribution in [3.8, 4) is 0 Å². The Morgan fingerprint density at radius 3 is 0.622 bits per heavy atom. The van der Waals surface area contributed by atoms with Gasteiger partial charge in [-0.3, -0.25) is 0 Å². The Morgan fingerprint density at radius 1 is 0.405 bits per heavy atom. The monoisotopic (exact) mass is 661 g/mol. The summed E-state index contributed by atoms with van der Waals surface area (Å²) >= 11 is 0. The number of carboxylic acid groups (broad SMARTS) is 3. The van der Waals surface area contributed by atoms with Crippen molar-refractivity contribution in [2.24, 2.45) is 0 Å². The van der Waals surface area contributed by atoms with Gasteiger partial charge in [-0.05, 0) is 38.5 Å². The van der Waals surface area contributed by atoms with Crippen LogP contribution in [0.4, 0.5) is 14.4 Å². The fraction of sp³-hybridized carbons (Fsp3) is 0.889. The molecule has 0 aliphatic carbocycles. The van der Waals surface area contributed by atoms with Gasteiger partial charge in [0.1, 0.15) is 0 Å². The maximum Gasteiger partial charge on any atom is 0.407 e. The molecule has 37 heavy (non-hydrogen) atoms. The summed E-state index contributed by atoms with van der Waals surface area (Å²) in [6.45, 7) is 16.5. The van der Waals surface area contributed by atoms with Gasteiger partial charge in [0.2, 0.25) is 0 Å². The zero-order chi connectivity index (χ0) is 28.2. The van der Waals surface area contributed by atoms with Gasteiger partial charge in [0, 0.05) is 80.1 Å². The van der Waals surface area contributed by atoms with Crippen molar-refractivity contribution in [2.75, 3.05) is 39.3 Å². The second kappa shape index (κ2) is 33.2. The molecule has 0 unspecified atom stereocenters. The van der Waals surface area contributed by atoms with Gasteiger partial charge >= 0.3 is 18.3 Å². The summed E-state index contributed by atoms with van der Waals surface area (Å²) in [6.07, 6.45) is 9.78. The zero-order valence-corrected chi connectivity index (χ0v) is 27.8. The van der Waals surface area contributed by atoms with Crippen LogP contribution in [0.15, 0.2) is 0 Å². The second-order valence-corrected chi connectivity index (χ2v) is 8.93. The topological polar surface area (TPSA) is 122 Å². The molecule has 0 aliphatic rings. The number of hydrogen-bond donors (Lipinski definition) is 3. The number of hydrogen-bond acceptors (Lipinski definition) is 3. The Labute approximate surface area is 259 Å². The van der Waals surface area contributed by atoms with Crippen LogP contribution in [0.25, 0.3) is 0 Å². The molecule has 10 heteroatoms. The summed E-state index contributed by atoms with van der Waals surface area (Å²) < 4.78 is 0. The van der Waals surface area contributed by atoms with Crippen molar-refractivity contribution < 1.29 is 70.5 Å². The summed E-state index contributed by atoms with van der Waals surface area (Å²) in [6, 6.07) is 0. The van der Waals surface area contributed by atoms with Crippen LogP contribution < -0.4 is 0 Å². The van der Waals surface area contributed by atoms with Gasteiger partial charge in [-0.1, -0.05) is 80.1 Å². The summed E-state index contributed by atoms with van der Waals surface area (Å²) in [4.78, 5) is 36.4. The Morgan fingerprint density at radius 2 is 0.541 bits per heavy atom. The number of rotatable bonds is 18. The number of nitrogens with zero attached hydrogens (tertiary/aromatic N) is 3. The average molecular weight is 664 g/mol. The minimum Gasteiger partial charge on any atom is -0.465 e. The molecular weight excluding hydrogens is 607 g/mol. The SMILES string of the molecule is CCCCN(CCCC)C(=O)O.CCCCN(CCCC)C(=O)O.CCCCN(CCCC)C(=O)O.[Nd]. The molecule has 0 saturated carbocycles. The van der Waals surface area contributed by atoms with Gasteiger partial charge in [0.05, 0.1) is 0 Å². The maximum absolute atomic E-state index is 10.6. The molecule has 0 aliphatic heterocycles. The van der Waals surface area contributed by atoms with Crippen molar-refractivity contribution >= 4 is 18.3 Å². The minimum absolute atomic E-state index is 0. The van der Waals surface area contributed by atoms with E-state index in [4.69, 9.17) is 15.3 Å². The standard InChI is InChI=1S/3C9H19NO2.Nd/c3*1-3-5-7-10(9(11)12)8-6-4-2;/h3*3-8H2,1-2H3,(H,11,12);. The second-order valence-electron chi connectivity index (χ2n) is 8.93. The molecule has 0 rings (SSSR count). The fourth-order valence-electron chi connectivity index (χ4n) is 3.00. The minimum atomic E-state index is -0.781. The molecule has 0 aromatic rings. The van der Waals surface area contributed by atoms with Crippen molar-refractivity contribution in [2.45, 2.75) is 119 Å². The molecule has 0 fully saturated rings. The van der Waals surface area contributed by atoms with Crippen LogP contribution in [-0.2, 0) is 0 Å². The predicted molar refractivity (Wildman–Crippen MR) is 148 cm³/mol. The zero-order valence-electron chi connectivity index (χ0n) is 24.6. The van der Waals surface area contributed by atoms with E-state index in [0.29, 0.717) is 39.3 Å². The summed E-state index contributed by atoms with van der Waals surface area (Å²) in [5, 5.41) is 26.3. The molecule has 0 atom stereocenters. The molecule has 0 saturated heterocycles. The predicted octanol–water partition coefficient (Wildman–Crippen LogP) is 7.70. The molecule has 0 radical (unpaired) electrons. The quantitative estimate of drug-likeness (QED) is 0.138. The molecule has 0 bridgehead atoms. The van der Waals surface area contributed by atoms with Crippen molar-refractivity contribution in [1.29, 1.82) is 0 Å². The third-order valence-corrected chi connectivity index (χ3v) is 5.50. The third kappa shape index (κ3) is 31.3. The molecule has 9 nitrogen and oxygen atoms in total. The summed E-state index contributed by atoms with van der Waals surface area (Å²) in [5.41, 5.74) is 0. The Bertz CT molecular complexity index is 431. The van der Waals surface area contributed by atoms with Crippen LogP contribution in [0.1, 0.15) is 119 Å². The van der Waals surface area contributed by atoms with E-state index in [1.54, 1.807) is 0 Å². The summed E-state index contributed by atoms with van der Waals surface area (Å²) in [7, 11) is 0. The van der Waals surface area contributed by atoms with Gasteiger partial charge in [-0.2, -0.15) is 0 Å². The van der Waals surface area contributed by atoms with Gasteiger partial charge in [-0.25, -0.2) is 14.4 Å². The first-order valence-electron chi connectivity index (χ1n) is 14.1. The van der Waals surface area contributed by atoms with Crippen LogP contribution in [0.5, 0.6) is 0 Å². The maximum atomic E-state index is 10.6. The fourth-order valence-corrected chi connectivity index (χ4v) is 3.00. The van der Waals surface area contributed by atoms with E-state index in [2.05, 4.69) is 41.5 Å². The van der Waals surface area contributed by atoms with Gasteiger partial charge < -0.3 is 30.0 Å². The van der Waals surface area contributed by atoms with Crippen molar-refractivity contribution in [3.05, 3.63) is 0 Å². The van der Waals surface area contributed by atoms with E-state index in [1.807, 2.05) is 0 Å². The van der Waals surface area contributed by atoms with Gasteiger partial charge in [0.15, 0.2) is 0 Å². The smallest absolute Gasteiger partial charge is 0.407 e. The first kappa shape index (κ1) is 43.2. The molecule has 0 aromatic carbocycles. The van der Waals surface area contributed by atoms with E-state index in [-0.39, 0.29) is 40.8 Å². The van der Waals surface area contributed by atoms with Crippen LogP contribution in [0.2, 0.25) is 0 Å². The normalized spacial score (nSPS) is 9.57. The van der Waals surface area contributed by atoms with Gasteiger partial charge in [0.25, 0.3) is 0 Å². The first-order valence-corrected chi connectivity index (χ1v) is 14.1.